The molecule has 0 N–H and O–H groups in total. The van der Waals surface area contributed by atoms with Gasteiger partial charge in [-0.1, -0.05) is 16.7 Å². The zero-order valence-electron chi connectivity index (χ0n) is 8.69. The number of hydrogen-bond donors (Lipinski definition) is 0. The van der Waals surface area contributed by atoms with Crippen molar-refractivity contribution in [3.63, 3.8) is 0 Å². The van der Waals surface area contributed by atoms with Gasteiger partial charge in [0.05, 0.1) is 18.1 Å². The summed E-state index contributed by atoms with van der Waals surface area (Å²) in [6.07, 6.45) is 0. The first-order valence-electron chi connectivity index (χ1n) is 4.74. The second-order valence-electron chi connectivity index (χ2n) is 3.38. The summed E-state index contributed by atoms with van der Waals surface area (Å²) in [4.78, 5) is 4.11. The molecule has 0 aliphatic rings. The molecule has 1 aromatic carbocycles. The van der Waals surface area contributed by atoms with Crippen molar-refractivity contribution < 1.29 is 9.13 Å². The van der Waals surface area contributed by atoms with Gasteiger partial charge in [0.1, 0.15) is 5.82 Å². The average molecular weight is 253 g/mol. The fourth-order valence-electron chi connectivity index (χ4n) is 1.68. The lowest BCUT2D eigenvalue weighted by atomic mass is 10.3. The number of nitrogens with zero attached hydrogens (tertiary/aromatic N) is 4. The number of halogens is 2. The summed E-state index contributed by atoms with van der Waals surface area (Å²) in [5.41, 5.74) is 1.38. The van der Waals surface area contributed by atoms with Crippen LogP contribution in [0, 0.1) is 5.82 Å². The lowest BCUT2D eigenvalue weighted by Crippen LogP contribution is -1.96. The maximum absolute atomic E-state index is 13.3. The third-order valence-electron chi connectivity index (χ3n) is 2.40. The van der Waals surface area contributed by atoms with Gasteiger partial charge in [0.15, 0.2) is 5.15 Å². The van der Waals surface area contributed by atoms with Crippen LogP contribution < -0.4 is 4.74 Å². The highest BCUT2D eigenvalue weighted by atomic mass is 35.5. The van der Waals surface area contributed by atoms with E-state index in [0.29, 0.717) is 16.7 Å². The summed E-state index contributed by atoms with van der Waals surface area (Å²) in [6, 6.07) is 4.42. The number of methoxy groups -OCH3 is 1. The van der Waals surface area contributed by atoms with Gasteiger partial charge in [0, 0.05) is 6.07 Å². The molecule has 0 spiro atoms. The van der Waals surface area contributed by atoms with Crippen LogP contribution in [0.3, 0.4) is 0 Å². The maximum atomic E-state index is 13.3. The minimum Gasteiger partial charge on any atom is -0.467 e. The van der Waals surface area contributed by atoms with Crippen molar-refractivity contribution in [3.8, 4) is 6.01 Å². The summed E-state index contributed by atoms with van der Waals surface area (Å²) in [6.45, 7) is 0. The highest BCUT2D eigenvalue weighted by molar-refractivity contribution is 6.32. The second kappa shape index (κ2) is 3.53. The molecular formula is C10H6ClFN4O. The topological polar surface area (TPSA) is 52.3 Å². The Kier molecular flexibility index (Phi) is 2.12. The SMILES string of the molecule is COc1nnc2c(Cl)nc3ccc(F)cc3n12. The van der Waals surface area contributed by atoms with Gasteiger partial charge in [-0.2, -0.15) is 0 Å². The number of fused-ring (bicyclic) bond motifs is 3. The molecular weight excluding hydrogens is 247 g/mol. The van der Waals surface area contributed by atoms with Crippen molar-refractivity contribution >= 4 is 28.3 Å². The van der Waals surface area contributed by atoms with Crippen molar-refractivity contribution in [2.45, 2.75) is 0 Å². The van der Waals surface area contributed by atoms with E-state index in [-0.39, 0.29) is 17.0 Å². The first-order valence-corrected chi connectivity index (χ1v) is 5.12. The minimum atomic E-state index is -0.376. The van der Waals surface area contributed by atoms with Crippen LogP contribution in [0.2, 0.25) is 5.15 Å². The van der Waals surface area contributed by atoms with Crippen LogP contribution in [0.5, 0.6) is 6.01 Å². The summed E-state index contributed by atoms with van der Waals surface area (Å²) < 4.78 is 19.8. The molecule has 3 aromatic rings. The van der Waals surface area contributed by atoms with Crippen LogP contribution in [-0.2, 0) is 0 Å². The Morgan fingerprint density at radius 1 is 1.35 bits per heavy atom. The first-order chi connectivity index (χ1) is 8.20. The zero-order chi connectivity index (χ0) is 12.0. The van der Waals surface area contributed by atoms with Crippen molar-refractivity contribution in [1.82, 2.24) is 19.6 Å². The van der Waals surface area contributed by atoms with Crippen molar-refractivity contribution in [2.24, 2.45) is 0 Å². The van der Waals surface area contributed by atoms with Crippen LogP contribution in [-0.4, -0.2) is 26.7 Å². The van der Waals surface area contributed by atoms with E-state index >= 15 is 0 Å². The van der Waals surface area contributed by atoms with E-state index in [1.165, 1.54) is 29.7 Å². The van der Waals surface area contributed by atoms with E-state index in [4.69, 9.17) is 16.3 Å². The number of benzene rings is 1. The van der Waals surface area contributed by atoms with Gasteiger partial charge in [0.2, 0.25) is 5.65 Å². The van der Waals surface area contributed by atoms with E-state index in [1.807, 2.05) is 0 Å². The lowest BCUT2D eigenvalue weighted by Gasteiger charge is -2.04. The molecule has 0 saturated carbocycles. The molecule has 0 aliphatic carbocycles. The largest absolute Gasteiger partial charge is 0.467 e. The lowest BCUT2D eigenvalue weighted by molar-refractivity contribution is 0.377. The quantitative estimate of drug-likeness (QED) is 0.665. The fraction of sp³-hybridized carbons (Fsp3) is 0.100. The highest BCUT2D eigenvalue weighted by Gasteiger charge is 2.14. The molecule has 86 valence electrons. The average Bonchev–Trinajstić information content (AvgIpc) is 2.75. The van der Waals surface area contributed by atoms with E-state index < -0.39 is 0 Å². The molecule has 2 heterocycles. The molecule has 5 nitrogen and oxygen atoms in total. The van der Waals surface area contributed by atoms with Crippen LogP contribution >= 0.6 is 11.6 Å². The summed E-state index contributed by atoms with van der Waals surface area (Å²) >= 11 is 5.96. The summed E-state index contributed by atoms with van der Waals surface area (Å²) in [7, 11) is 1.45. The van der Waals surface area contributed by atoms with Gasteiger partial charge < -0.3 is 4.74 Å². The highest BCUT2D eigenvalue weighted by Crippen LogP contribution is 2.24. The first kappa shape index (κ1) is 10.2. The molecule has 0 fully saturated rings. The molecule has 0 radical (unpaired) electrons. The summed E-state index contributed by atoms with van der Waals surface area (Å²) in [5, 5.41) is 7.83. The molecule has 0 bridgehead atoms. The Bertz CT molecular complexity index is 727. The molecule has 0 amide bonds. The normalized spacial score (nSPS) is 11.2. The third-order valence-corrected chi connectivity index (χ3v) is 2.65. The van der Waals surface area contributed by atoms with Crippen molar-refractivity contribution in [1.29, 1.82) is 0 Å². The van der Waals surface area contributed by atoms with Gasteiger partial charge in [-0.25, -0.2) is 13.8 Å². The second-order valence-corrected chi connectivity index (χ2v) is 3.74. The standard InChI is InChI=1S/C10H6ClFN4O/c1-17-10-15-14-9-8(11)13-6-3-2-5(12)4-7(6)16(9)10/h2-4H,1H3. The predicted octanol–water partition coefficient (Wildman–Crippen LogP) is 2.08. The number of rotatable bonds is 1. The Morgan fingerprint density at radius 2 is 2.18 bits per heavy atom. The van der Waals surface area contributed by atoms with Gasteiger partial charge in [-0.3, -0.25) is 0 Å². The van der Waals surface area contributed by atoms with Crippen molar-refractivity contribution in [2.75, 3.05) is 7.11 Å². The maximum Gasteiger partial charge on any atom is 0.321 e. The van der Waals surface area contributed by atoms with Crippen LogP contribution in [0.25, 0.3) is 16.7 Å². The molecule has 3 rings (SSSR count). The molecule has 17 heavy (non-hydrogen) atoms. The van der Waals surface area contributed by atoms with E-state index in [1.54, 1.807) is 0 Å². The molecule has 2 aromatic heterocycles. The van der Waals surface area contributed by atoms with Crippen LogP contribution in [0.15, 0.2) is 18.2 Å². The molecule has 0 saturated heterocycles. The molecule has 0 aliphatic heterocycles. The monoisotopic (exact) mass is 252 g/mol. The third kappa shape index (κ3) is 1.41. The Balaban J connectivity index is 2.58. The zero-order valence-corrected chi connectivity index (χ0v) is 9.44. The van der Waals surface area contributed by atoms with Gasteiger partial charge in [-0.15, -0.1) is 5.10 Å². The Labute approximate surface area is 99.8 Å². The Morgan fingerprint density at radius 3 is 2.94 bits per heavy atom. The van der Waals surface area contributed by atoms with E-state index in [2.05, 4.69) is 15.2 Å². The van der Waals surface area contributed by atoms with E-state index in [9.17, 15) is 4.39 Å². The fourth-order valence-corrected chi connectivity index (χ4v) is 1.89. The number of aromatic nitrogens is 4. The van der Waals surface area contributed by atoms with Gasteiger partial charge >= 0.3 is 6.01 Å². The van der Waals surface area contributed by atoms with Crippen LogP contribution in [0.4, 0.5) is 4.39 Å². The summed E-state index contributed by atoms with van der Waals surface area (Å²) in [5.74, 6) is -0.376. The number of ether oxygens (including phenoxy) is 1. The van der Waals surface area contributed by atoms with Gasteiger partial charge in [-0.05, 0) is 12.1 Å². The molecule has 0 unspecified atom stereocenters. The van der Waals surface area contributed by atoms with Crippen molar-refractivity contribution in [3.05, 3.63) is 29.2 Å². The van der Waals surface area contributed by atoms with E-state index in [0.717, 1.165) is 0 Å². The van der Waals surface area contributed by atoms with Gasteiger partial charge in [0.25, 0.3) is 0 Å². The molecule has 7 heteroatoms. The van der Waals surface area contributed by atoms with Crippen LogP contribution in [0.1, 0.15) is 0 Å². The number of hydrogen-bond acceptors (Lipinski definition) is 4. The predicted molar refractivity (Wildman–Crippen MR) is 59.8 cm³/mol. The minimum absolute atomic E-state index is 0.194. The smallest absolute Gasteiger partial charge is 0.321 e. The molecule has 0 atom stereocenters. The Hall–Kier alpha value is -1.95.